The van der Waals surface area contributed by atoms with Crippen molar-refractivity contribution >= 4 is 17.7 Å². The molecule has 8 nitrogen and oxygen atoms in total. The maximum atomic E-state index is 14.4. The van der Waals surface area contributed by atoms with Crippen molar-refractivity contribution < 1.29 is 24.2 Å². The van der Waals surface area contributed by atoms with Crippen molar-refractivity contribution in [3.63, 3.8) is 0 Å². The van der Waals surface area contributed by atoms with Crippen LogP contribution in [0.3, 0.4) is 0 Å². The lowest BCUT2D eigenvalue weighted by atomic mass is 9.73. The van der Waals surface area contributed by atoms with Crippen LogP contribution in [0.1, 0.15) is 59.8 Å². The maximum Gasteiger partial charge on any atom is 0.249 e. The van der Waals surface area contributed by atoms with Gasteiger partial charge in [0.2, 0.25) is 17.7 Å². The van der Waals surface area contributed by atoms with E-state index in [9.17, 15) is 19.5 Å². The highest BCUT2D eigenvalue weighted by atomic mass is 16.5. The number of rotatable bonds is 9. The molecule has 0 saturated carbocycles. The molecule has 2 saturated heterocycles. The van der Waals surface area contributed by atoms with Crippen LogP contribution in [0.5, 0.6) is 0 Å². The van der Waals surface area contributed by atoms with Crippen molar-refractivity contribution in [3.8, 4) is 0 Å². The average Bonchev–Trinajstić information content (AvgIpc) is 3.16. The van der Waals surface area contributed by atoms with E-state index in [1.165, 1.54) is 0 Å². The van der Waals surface area contributed by atoms with E-state index in [4.69, 9.17) is 4.74 Å². The molecule has 1 N–H and O–H groups in total. The number of hydrogen-bond donors (Lipinski definition) is 1. The molecule has 200 valence electrons. The number of hydrogen-bond acceptors (Lipinski definition) is 5. The first-order chi connectivity index (χ1) is 17.2. The zero-order chi connectivity index (χ0) is 26.3. The number of aliphatic hydroxyl groups excluding tert-OH is 1. The Kier molecular flexibility index (Phi) is 7.68. The molecule has 2 fully saturated rings. The number of likely N-dealkylation sites (tertiary alicyclic amines) is 1. The molecule has 0 aromatic rings. The molecule has 0 aromatic carbocycles. The van der Waals surface area contributed by atoms with Gasteiger partial charge in [0, 0.05) is 26.7 Å². The predicted octanol–water partition coefficient (Wildman–Crippen LogP) is 2.37. The number of carbonyl (C=O) groups excluding carboxylic acids is 3. The van der Waals surface area contributed by atoms with Crippen LogP contribution in [0.25, 0.3) is 0 Å². The van der Waals surface area contributed by atoms with Crippen molar-refractivity contribution in [3.05, 3.63) is 24.3 Å². The van der Waals surface area contributed by atoms with Crippen molar-refractivity contribution in [2.45, 2.75) is 83.1 Å². The molecule has 6 atom stereocenters. The minimum atomic E-state index is -1.25. The second-order valence-electron chi connectivity index (χ2n) is 11.3. The Hall–Kier alpha value is -2.19. The molecule has 1 spiro atoms. The third kappa shape index (κ3) is 4.10. The van der Waals surface area contributed by atoms with E-state index >= 15 is 0 Å². The molecule has 4 rings (SSSR count). The number of amides is 3. The summed E-state index contributed by atoms with van der Waals surface area (Å²) >= 11 is 0. The highest BCUT2D eigenvalue weighted by Crippen LogP contribution is 2.59. The minimum Gasteiger partial charge on any atom is -0.394 e. The fraction of sp³-hybridized carbons (Fsp3) is 0.750. The molecule has 0 aromatic heterocycles. The van der Waals surface area contributed by atoms with Gasteiger partial charge in [-0.1, -0.05) is 64.8 Å². The van der Waals surface area contributed by atoms with Crippen molar-refractivity contribution in [2.24, 2.45) is 17.8 Å². The first-order valence-corrected chi connectivity index (χ1v) is 13.7. The molecule has 4 heterocycles. The highest BCUT2D eigenvalue weighted by molar-refractivity contribution is 6.00. The van der Waals surface area contributed by atoms with Crippen LogP contribution in [-0.4, -0.2) is 94.1 Å². The predicted molar refractivity (Wildman–Crippen MR) is 137 cm³/mol. The summed E-state index contributed by atoms with van der Waals surface area (Å²) in [5, 5.41) is 10.4. The second kappa shape index (κ2) is 10.3. The monoisotopic (exact) mass is 501 g/mol. The van der Waals surface area contributed by atoms with Crippen molar-refractivity contribution in [2.75, 3.05) is 33.3 Å². The SMILES string of the molecule is CCCCCN1CC=C[C@]23O[C@]4(CC)C=CCN(C)C(=O)[C@@H]4[C@H]2C(=O)N([C@@H](CO)CC(C)C)C3C1=O. The molecular weight excluding hydrogens is 458 g/mol. The summed E-state index contributed by atoms with van der Waals surface area (Å²) in [6.07, 6.45) is 11.7. The normalized spacial score (nSPS) is 34.7. The Bertz CT molecular complexity index is 932. The lowest BCUT2D eigenvalue weighted by molar-refractivity contribution is -0.157. The van der Waals surface area contributed by atoms with Gasteiger partial charge in [0.15, 0.2) is 0 Å². The summed E-state index contributed by atoms with van der Waals surface area (Å²) in [4.78, 5) is 47.4. The van der Waals surface area contributed by atoms with E-state index in [2.05, 4.69) is 6.92 Å². The summed E-state index contributed by atoms with van der Waals surface area (Å²) in [6, 6.07) is -1.43. The fourth-order valence-corrected chi connectivity index (χ4v) is 6.84. The van der Waals surface area contributed by atoms with Gasteiger partial charge in [-0.25, -0.2) is 0 Å². The molecule has 4 aliphatic rings. The Balaban J connectivity index is 1.86. The quantitative estimate of drug-likeness (QED) is 0.387. The lowest BCUT2D eigenvalue weighted by Crippen LogP contribution is -2.59. The number of ether oxygens (including phenoxy) is 1. The number of likely N-dealkylation sites (N-methyl/N-ethyl adjacent to an activating group) is 1. The molecule has 3 amide bonds. The molecule has 8 heteroatoms. The number of fused-ring (bicyclic) bond motifs is 2. The smallest absolute Gasteiger partial charge is 0.249 e. The highest BCUT2D eigenvalue weighted by Gasteiger charge is 2.75. The van der Waals surface area contributed by atoms with Crippen molar-refractivity contribution in [1.29, 1.82) is 0 Å². The molecule has 0 radical (unpaired) electrons. The molecule has 4 aliphatic heterocycles. The fourth-order valence-electron chi connectivity index (χ4n) is 6.84. The zero-order valence-corrected chi connectivity index (χ0v) is 22.5. The second-order valence-corrected chi connectivity index (χ2v) is 11.3. The number of unbranched alkanes of at least 4 members (excludes halogenated alkanes) is 2. The standard InChI is InChI=1S/C28H43N3O5/c1-6-8-9-15-30-16-11-13-28-22(21-24(33)29(5)14-10-12-27(21,7-2)36-28)25(34)31(23(28)26(30)35)20(18-32)17-19(3)4/h10-13,19-23,32H,6-9,14-18H2,1-5H3/t20-,21+,22+,23?,27-,28+/m1/s1. The van der Waals surface area contributed by atoms with E-state index in [0.717, 1.165) is 19.3 Å². The Morgan fingerprint density at radius 2 is 1.75 bits per heavy atom. The van der Waals surface area contributed by atoms with Gasteiger partial charge in [0.1, 0.15) is 11.6 Å². The number of aliphatic hydroxyl groups is 1. The minimum absolute atomic E-state index is 0.132. The third-order valence-corrected chi connectivity index (χ3v) is 8.54. The van der Waals surface area contributed by atoms with Crippen LogP contribution in [0.2, 0.25) is 0 Å². The Labute approximate surface area is 215 Å². The first-order valence-electron chi connectivity index (χ1n) is 13.7. The van der Waals surface area contributed by atoms with E-state index < -0.39 is 35.1 Å². The van der Waals surface area contributed by atoms with Crippen LogP contribution in [0.15, 0.2) is 24.3 Å². The van der Waals surface area contributed by atoms with Gasteiger partial charge >= 0.3 is 0 Å². The lowest BCUT2D eigenvalue weighted by Gasteiger charge is -2.41. The molecule has 0 bridgehead atoms. The van der Waals surface area contributed by atoms with Gasteiger partial charge in [-0.2, -0.15) is 0 Å². The third-order valence-electron chi connectivity index (χ3n) is 8.54. The van der Waals surface area contributed by atoms with E-state index in [0.29, 0.717) is 32.5 Å². The van der Waals surface area contributed by atoms with E-state index in [-0.39, 0.29) is 30.2 Å². The first kappa shape index (κ1) is 26.9. The maximum absolute atomic E-state index is 14.4. The van der Waals surface area contributed by atoms with Gasteiger partial charge < -0.3 is 24.5 Å². The number of nitrogens with zero attached hydrogens (tertiary/aromatic N) is 3. The van der Waals surface area contributed by atoms with Crippen LogP contribution < -0.4 is 0 Å². The van der Waals surface area contributed by atoms with Gasteiger partial charge in [-0.15, -0.1) is 0 Å². The molecule has 0 aliphatic carbocycles. The van der Waals surface area contributed by atoms with Gasteiger partial charge in [0.25, 0.3) is 0 Å². The van der Waals surface area contributed by atoms with Gasteiger partial charge in [0.05, 0.1) is 30.1 Å². The summed E-state index contributed by atoms with van der Waals surface area (Å²) in [5.41, 5.74) is -2.21. The number of carbonyl (C=O) groups is 3. The zero-order valence-electron chi connectivity index (χ0n) is 22.5. The summed E-state index contributed by atoms with van der Waals surface area (Å²) in [6.45, 7) is 9.44. The van der Waals surface area contributed by atoms with E-state index in [1.54, 1.807) is 16.8 Å². The van der Waals surface area contributed by atoms with E-state index in [1.807, 2.05) is 50.0 Å². The van der Waals surface area contributed by atoms with Crippen LogP contribution in [0.4, 0.5) is 0 Å². The molecule has 36 heavy (non-hydrogen) atoms. The summed E-state index contributed by atoms with van der Waals surface area (Å²) in [7, 11) is 1.75. The molecular formula is C28H43N3O5. The summed E-state index contributed by atoms with van der Waals surface area (Å²) < 4.78 is 6.93. The Morgan fingerprint density at radius 3 is 2.39 bits per heavy atom. The topological polar surface area (TPSA) is 90.4 Å². The van der Waals surface area contributed by atoms with Crippen LogP contribution in [0, 0.1) is 17.8 Å². The molecule has 1 unspecified atom stereocenters. The van der Waals surface area contributed by atoms with Crippen LogP contribution in [-0.2, 0) is 19.1 Å². The van der Waals surface area contributed by atoms with Gasteiger partial charge in [-0.05, 0) is 25.2 Å². The Morgan fingerprint density at radius 1 is 1.03 bits per heavy atom. The van der Waals surface area contributed by atoms with Gasteiger partial charge in [-0.3, -0.25) is 14.4 Å². The van der Waals surface area contributed by atoms with Crippen molar-refractivity contribution in [1.82, 2.24) is 14.7 Å². The summed E-state index contributed by atoms with van der Waals surface area (Å²) in [5.74, 6) is -1.88. The largest absolute Gasteiger partial charge is 0.394 e. The van der Waals surface area contributed by atoms with Crippen LogP contribution >= 0.6 is 0 Å². The average molecular weight is 502 g/mol.